The Morgan fingerprint density at radius 1 is 1.47 bits per heavy atom. The second kappa shape index (κ2) is 5.84. The van der Waals surface area contributed by atoms with Crippen LogP contribution < -0.4 is 0 Å². The molecule has 0 saturated heterocycles. The lowest BCUT2D eigenvalue weighted by Gasteiger charge is -2.00. The van der Waals surface area contributed by atoms with Crippen LogP contribution in [0.3, 0.4) is 0 Å². The van der Waals surface area contributed by atoms with Gasteiger partial charge in [-0.2, -0.15) is 0 Å². The molecule has 0 fully saturated rings. The van der Waals surface area contributed by atoms with Gasteiger partial charge in [0.1, 0.15) is 6.10 Å². The summed E-state index contributed by atoms with van der Waals surface area (Å²) in [7, 11) is 1.28. The van der Waals surface area contributed by atoms with Gasteiger partial charge in [0.15, 0.2) is 0 Å². The van der Waals surface area contributed by atoms with Gasteiger partial charge in [-0.25, -0.2) is 0 Å². The molecule has 3 heteroatoms. The molecule has 0 bridgehead atoms. The highest BCUT2D eigenvalue weighted by Gasteiger charge is 2.06. The van der Waals surface area contributed by atoms with Crippen LogP contribution in [-0.4, -0.2) is 24.3 Å². The highest BCUT2D eigenvalue weighted by atomic mass is 16.5. The van der Waals surface area contributed by atoms with Crippen molar-refractivity contribution in [2.75, 3.05) is 7.11 Å². The molecule has 78 valence electrons. The molecule has 0 spiro atoms. The van der Waals surface area contributed by atoms with E-state index in [0.29, 0.717) is 0 Å². The van der Waals surface area contributed by atoms with Crippen molar-refractivity contribution in [3.63, 3.8) is 0 Å². The lowest BCUT2D eigenvalue weighted by molar-refractivity contribution is -0.142. The number of benzene rings is 1. The van der Waals surface area contributed by atoms with Gasteiger partial charge in [0.2, 0.25) is 0 Å². The minimum atomic E-state index is -0.974. The maximum Gasteiger partial charge on any atom is 0.309 e. The van der Waals surface area contributed by atoms with E-state index >= 15 is 0 Å². The van der Waals surface area contributed by atoms with Crippen molar-refractivity contribution in [3.05, 3.63) is 35.9 Å². The van der Waals surface area contributed by atoms with Crippen LogP contribution in [0.5, 0.6) is 0 Å². The monoisotopic (exact) mass is 204 g/mol. The average Bonchev–Trinajstić information content (AvgIpc) is 2.27. The largest absolute Gasteiger partial charge is 0.469 e. The van der Waals surface area contributed by atoms with Gasteiger partial charge in [-0.3, -0.25) is 4.79 Å². The summed E-state index contributed by atoms with van der Waals surface area (Å²) >= 11 is 0. The van der Waals surface area contributed by atoms with E-state index in [0.717, 1.165) is 5.56 Å². The summed E-state index contributed by atoms with van der Waals surface area (Å²) in [5.41, 5.74) is 0.807. The van der Waals surface area contributed by atoms with Crippen LogP contribution in [0.4, 0.5) is 0 Å². The van der Waals surface area contributed by atoms with E-state index in [1.54, 1.807) is 0 Å². The number of aliphatic hydroxyl groups excluding tert-OH is 1. The second-order valence-corrected chi connectivity index (χ2v) is 2.93. The summed E-state index contributed by atoms with van der Waals surface area (Å²) < 4.78 is 4.41. The van der Waals surface area contributed by atoms with Crippen LogP contribution in [0.2, 0.25) is 0 Å². The lowest BCUT2D eigenvalue weighted by Crippen LogP contribution is -2.12. The Morgan fingerprint density at radius 2 is 2.13 bits per heavy atom. The molecule has 0 unspecified atom stereocenters. The number of carbonyl (C=O) groups is 1. The molecular formula is C12H12O3. The van der Waals surface area contributed by atoms with Crippen LogP contribution in [0, 0.1) is 11.8 Å². The van der Waals surface area contributed by atoms with Gasteiger partial charge in [-0.05, 0) is 12.1 Å². The predicted octanol–water partition coefficient (Wildman–Crippen LogP) is 0.962. The van der Waals surface area contributed by atoms with E-state index in [-0.39, 0.29) is 6.42 Å². The Hall–Kier alpha value is -1.79. The van der Waals surface area contributed by atoms with E-state index in [1.165, 1.54) is 7.11 Å². The summed E-state index contributed by atoms with van der Waals surface area (Å²) in [6, 6.07) is 9.26. The van der Waals surface area contributed by atoms with Crippen LogP contribution >= 0.6 is 0 Å². The quantitative estimate of drug-likeness (QED) is 0.576. The normalized spacial score (nSPS) is 11.1. The van der Waals surface area contributed by atoms with Crippen molar-refractivity contribution in [3.8, 4) is 11.8 Å². The van der Waals surface area contributed by atoms with Gasteiger partial charge >= 0.3 is 5.97 Å². The zero-order chi connectivity index (χ0) is 11.1. The molecule has 0 aromatic heterocycles. The van der Waals surface area contributed by atoms with Gasteiger partial charge in [-0.15, -0.1) is 0 Å². The molecule has 0 amide bonds. The Kier molecular flexibility index (Phi) is 4.39. The van der Waals surface area contributed by atoms with Gasteiger partial charge in [0, 0.05) is 5.56 Å². The topological polar surface area (TPSA) is 46.5 Å². The minimum absolute atomic E-state index is 0.101. The van der Waals surface area contributed by atoms with Crippen molar-refractivity contribution in [1.29, 1.82) is 0 Å². The second-order valence-electron chi connectivity index (χ2n) is 2.93. The fourth-order valence-corrected chi connectivity index (χ4v) is 0.980. The Morgan fingerprint density at radius 3 is 2.73 bits per heavy atom. The molecule has 15 heavy (non-hydrogen) atoms. The molecule has 1 rings (SSSR count). The lowest BCUT2D eigenvalue weighted by atomic mass is 10.2. The van der Waals surface area contributed by atoms with Crippen molar-refractivity contribution in [2.45, 2.75) is 12.5 Å². The number of hydrogen-bond donors (Lipinski definition) is 1. The summed E-state index contributed by atoms with van der Waals surface area (Å²) in [4.78, 5) is 10.8. The summed E-state index contributed by atoms with van der Waals surface area (Å²) in [6.07, 6.45) is -1.08. The van der Waals surface area contributed by atoms with Crippen molar-refractivity contribution in [2.24, 2.45) is 0 Å². The van der Waals surface area contributed by atoms with Crippen LogP contribution in [-0.2, 0) is 9.53 Å². The first kappa shape index (κ1) is 11.3. The zero-order valence-electron chi connectivity index (χ0n) is 8.43. The maximum atomic E-state index is 10.8. The third-order valence-electron chi connectivity index (χ3n) is 1.74. The molecule has 0 saturated carbocycles. The molecule has 1 aromatic carbocycles. The first-order valence-corrected chi connectivity index (χ1v) is 4.54. The third kappa shape index (κ3) is 4.30. The highest BCUT2D eigenvalue weighted by Crippen LogP contribution is 1.97. The molecule has 1 N–H and O–H groups in total. The number of aliphatic hydroxyl groups is 1. The van der Waals surface area contributed by atoms with Crippen molar-refractivity contribution < 1.29 is 14.6 Å². The molecule has 0 aliphatic heterocycles. The number of carbonyl (C=O) groups excluding carboxylic acids is 1. The third-order valence-corrected chi connectivity index (χ3v) is 1.74. The van der Waals surface area contributed by atoms with E-state index in [4.69, 9.17) is 0 Å². The van der Waals surface area contributed by atoms with Gasteiger partial charge in [0.05, 0.1) is 13.5 Å². The zero-order valence-corrected chi connectivity index (χ0v) is 8.43. The fourth-order valence-electron chi connectivity index (χ4n) is 0.980. The average molecular weight is 204 g/mol. The van der Waals surface area contributed by atoms with E-state index < -0.39 is 12.1 Å². The molecule has 0 aliphatic rings. The first-order chi connectivity index (χ1) is 7.22. The number of ether oxygens (including phenoxy) is 1. The number of rotatable bonds is 2. The van der Waals surface area contributed by atoms with Crippen molar-refractivity contribution >= 4 is 5.97 Å². The summed E-state index contributed by atoms with van der Waals surface area (Å²) in [6.45, 7) is 0. The predicted molar refractivity (Wildman–Crippen MR) is 56.0 cm³/mol. The maximum absolute atomic E-state index is 10.8. The minimum Gasteiger partial charge on any atom is -0.469 e. The number of methoxy groups -OCH3 is 1. The van der Waals surface area contributed by atoms with Crippen LogP contribution in [0.25, 0.3) is 0 Å². The van der Waals surface area contributed by atoms with Crippen LogP contribution in [0.1, 0.15) is 12.0 Å². The van der Waals surface area contributed by atoms with Gasteiger partial charge in [0.25, 0.3) is 0 Å². The number of esters is 1. The molecular weight excluding hydrogens is 192 g/mol. The fraction of sp³-hybridized carbons (Fsp3) is 0.250. The Bertz CT molecular complexity index is 373. The molecule has 0 heterocycles. The first-order valence-electron chi connectivity index (χ1n) is 4.54. The van der Waals surface area contributed by atoms with Gasteiger partial charge in [-0.1, -0.05) is 30.0 Å². The highest BCUT2D eigenvalue weighted by molar-refractivity contribution is 5.70. The molecule has 0 aliphatic carbocycles. The van der Waals surface area contributed by atoms with Crippen LogP contribution in [0.15, 0.2) is 30.3 Å². The smallest absolute Gasteiger partial charge is 0.309 e. The number of hydrogen-bond acceptors (Lipinski definition) is 3. The van der Waals surface area contributed by atoms with E-state index in [2.05, 4.69) is 16.6 Å². The van der Waals surface area contributed by atoms with Crippen molar-refractivity contribution in [1.82, 2.24) is 0 Å². The van der Waals surface area contributed by atoms with Gasteiger partial charge < -0.3 is 9.84 Å². The Labute approximate surface area is 88.7 Å². The SMILES string of the molecule is COC(=O)C[C@@H](O)C#Cc1ccccc1. The summed E-state index contributed by atoms with van der Waals surface area (Å²) in [5, 5.41) is 9.34. The molecule has 3 nitrogen and oxygen atoms in total. The molecule has 1 aromatic rings. The summed E-state index contributed by atoms with van der Waals surface area (Å²) in [5.74, 6) is 4.87. The van der Waals surface area contributed by atoms with E-state index in [9.17, 15) is 9.90 Å². The Balaban J connectivity index is 2.55. The standard InChI is InChI=1S/C12H12O3/c1-15-12(14)9-11(13)8-7-10-5-3-2-4-6-10/h2-6,11,13H,9H2,1H3/t11-/m0/s1. The van der Waals surface area contributed by atoms with E-state index in [1.807, 2.05) is 30.3 Å². The molecule has 1 atom stereocenters. The molecule has 0 radical (unpaired) electrons.